The smallest absolute Gasteiger partial charge is 0.490 e. The van der Waals surface area contributed by atoms with Crippen LogP contribution in [0.1, 0.15) is 56.1 Å². The average molecular weight is 1200 g/mol. The van der Waals surface area contributed by atoms with E-state index in [1.807, 2.05) is 0 Å². The third-order valence-corrected chi connectivity index (χ3v) is 14.3. The van der Waals surface area contributed by atoms with Gasteiger partial charge in [0.1, 0.15) is 48.0 Å². The van der Waals surface area contributed by atoms with Crippen LogP contribution in [0.2, 0.25) is 0 Å². The molecule has 34 heteroatoms. The number of phenols is 1. The third-order valence-electron chi connectivity index (χ3n) is 11.9. The Morgan fingerprint density at radius 1 is 0.720 bits per heavy atom. The first-order valence-corrected chi connectivity index (χ1v) is 27.5. The first-order valence-electron chi connectivity index (χ1n) is 25.0. The topological polar surface area (TPSA) is 501 Å². The molecule has 2 saturated heterocycles. The summed E-state index contributed by atoms with van der Waals surface area (Å²) in [6, 6.07) is 2.80. The van der Waals surface area contributed by atoms with Gasteiger partial charge in [0.2, 0.25) is 65.0 Å². The van der Waals surface area contributed by atoms with Crippen LogP contribution in [0.25, 0.3) is 0 Å². The lowest BCUT2D eigenvalue weighted by molar-refractivity contribution is -0.192. The number of aliphatic imine (C=N–C) groups is 1. The number of benzene rings is 2. The van der Waals surface area contributed by atoms with Crippen LogP contribution in [-0.2, 0) is 70.4 Å². The summed E-state index contributed by atoms with van der Waals surface area (Å²) < 4.78 is 31.7. The molecule has 0 saturated carbocycles. The summed E-state index contributed by atoms with van der Waals surface area (Å²) in [5.74, 6) is -13.3. The molecular formula is C48H66F3N15O14S2. The van der Waals surface area contributed by atoms with Crippen LogP contribution in [-0.4, -0.2) is 178 Å². The Balaban J connectivity index is 0.00000236. The highest BCUT2D eigenvalue weighted by Crippen LogP contribution is 2.26. The van der Waals surface area contributed by atoms with Crippen molar-refractivity contribution >= 4 is 98.5 Å². The van der Waals surface area contributed by atoms with E-state index < -0.39 is 151 Å². The third kappa shape index (κ3) is 24.1. The fourth-order valence-corrected chi connectivity index (χ4v) is 10.1. The molecule has 2 aliphatic heterocycles. The summed E-state index contributed by atoms with van der Waals surface area (Å²) in [5, 5.41) is 34.8. The van der Waals surface area contributed by atoms with Gasteiger partial charge in [-0.2, -0.15) is 13.2 Å². The normalized spacial score (nSPS) is 21.6. The number of hydrogen-bond acceptors (Lipinski definition) is 17. The predicted molar refractivity (Wildman–Crippen MR) is 289 cm³/mol. The highest BCUT2D eigenvalue weighted by Gasteiger charge is 2.41. The number of rotatable bonds is 19. The highest BCUT2D eigenvalue weighted by atomic mass is 33.1. The number of nitrogens with two attached hydrogens (primary N) is 6. The van der Waals surface area contributed by atoms with Gasteiger partial charge in [0.05, 0.1) is 19.0 Å². The summed E-state index contributed by atoms with van der Waals surface area (Å²) in [6.07, 6.45) is -6.47. The molecule has 29 nitrogen and oxygen atoms in total. The Hall–Kier alpha value is -8.40. The zero-order valence-corrected chi connectivity index (χ0v) is 45.4. The number of phenolic OH excluding ortho intramolecular Hbond substituents is 1. The van der Waals surface area contributed by atoms with Crippen LogP contribution in [0.3, 0.4) is 0 Å². The maximum atomic E-state index is 14.6. The zero-order valence-electron chi connectivity index (χ0n) is 43.8. The number of halogens is 3. The van der Waals surface area contributed by atoms with Gasteiger partial charge in [-0.1, -0.05) is 64.1 Å². The Bertz CT molecular complexity index is 2640. The number of likely N-dealkylation sites (tertiary alicyclic amines) is 1. The number of aromatic hydroxyl groups is 1. The van der Waals surface area contributed by atoms with Crippen molar-refractivity contribution in [2.75, 3.05) is 31.1 Å². The monoisotopic (exact) mass is 1200 g/mol. The molecule has 82 heavy (non-hydrogen) atoms. The number of alkyl halides is 3. The van der Waals surface area contributed by atoms with Crippen molar-refractivity contribution < 1.29 is 80.9 Å². The fourth-order valence-electron chi connectivity index (χ4n) is 7.80. The maximum absolute atomic E-state index is 14.6. The molecular weight excluding hydrogens is 1130 g/mol. The van der Waals surface area contributed by atoms with Crippen LogP contribution in [0.4, 0.5) is 13.2 Å². The van der Waals surface area contributed by atoms with Crippen LogP contribution < -0.4 is 71.6 Å². The number of primary amides is 3. The summed E-state index contributed by atoms with van der Waals surface area (Å²) in [5.41, 5.74) is 34.4. The Morgan fingerprint density at radius 3 is 1.82 bits per heavy atom. The summed E-state index contributed by atoms with van der Waals surface area (Å²) in [4.78, 5) is 162. The number of carbonyl (C=O) groups excluding carboxylic acids is 11. The molecule has 0 spiro atoms. The van der Waals surface area contributed by atoms with Gasteiger partial charge < -0.3 is 86.7 Å². The van der Waals surface area contributed by atoms with Crippen molar-refractivity contribution in [2.24, 2.45) is 39.4 Å². The van der Waals surface area contributed by atoms with Gasteiger partial charge in [-0.3, -0.25) is 57.7 Å². The van der Waals surface area contributed by atoms with E-state index in [1.165, 1.54) is 29.2 Å². The first kappa shape index (κ1) is 67.9. The molecule has 0 radical (unpaired) electrons. The van der Waals surface area contributed by atoms with Crippen molar-refractivity contribution in [2.45, 2.75) is 112 Å². The Labute approximate surface area is 474 Å². The summed E-state index contributed by atoms with van der Waals surface area (Å²) in [7, 11) is 1.99. The number of carboxylic acid groups (broad SMARTS) is 1. The fraction of sp³-hybridized carbons (Fsp3) is 0.479. The lowest BCUT2D eigenvalue weighted by Crippen LogP contribution is -2.61. The molecule has 21 N–H and O–H groups in total. The number of amides is 11. The van der Waals surface area contributed by atoms with E-state index in [2.05, 4.69) is 42.2 Å². The standard InChI is InChI=1S/C46H65N15O12S2.C2HF3O2/c47-27-22-74-75-23-33(45(73)61-17-5-9-34(61)44(72)56-28(8-4-16-53-46(51)52)39(67)54-21-37(50)65)60-43(71)32(20-36(49)64)59-40(68)29(14-15-35(48)63)55-41(69)31(18-24-6-2-1-3-7-24)58-42(70)30(57-38(27)66)19-25-10-12-26(62)13-11-25;3-2(4,5)1(6)7/h1-3,6-7,10-13,27-34,62H,4-5,8-9,14-23,47H2,(H2,48,63)(H2,49,64)(H2,50,65)(H,54,67)(H,55,69)(H,56,72)(H,57,66)(H,58,70)(H,59,68)(H,60,71)(H4,51,52,53);(H,6,7)/t27-,28-,29-,30-,31-,32-,33+,34-;/m0./s1. The van der Waals surface area contributed by atoms with Gasteiger partial charge in [0, 0.05) is 43.9 Å². The molecule has 0 aliphatic carbocycles. The minimum Gasteiger partial charge on any atom is -0.508 e. The molecule has 450 valence electrons. The van der Waals surface area contributed by atoms with Crippen molar-refractivity contribution in [1.29, 1.82) is 0 Å². The molecule has 0 aromatic heterocycles. The number of nitrogens with zero attached hydrogens (tertiary/aromatic N) is 2. The van der Waals surface area contributed by atoms with Crippen LogP contribution >= 0.6 is 21.6 Å². The number of guanidine groups is 1. The lowest BCUT2D eigenvalue weighted by atomic mass is 10.0. The van der Waals surface area contributed by atoms with E-state index in [0.717, 1.165) is 21.6 Å². The zero-order chi connectivity index (χ0) is 61.3. The molecule has 4 rings (SSSR count). The first-order chi connectivity index (χ1) is 38.5. The summed E-state index contributed by atoms with van der Waals surface area (Å²) in [6.45, 7) is -0.443. The number of hydrogen-bond donors (Lipinski definition) is 15. The lowest BCUT2D eigenvalue weighted by Gasteiger charge is -2.31. The van der Waals surface area contributed by atoms with Crippen molar-refractivity contribution in [3.63, 3.8) is 0 Å². The van der Waals surface area contributed by atoms with Crippen LogP contribution in [0, 0.1) is 0 Å². The molecule has 11 amide bonds. The van der Waals surface area contributed by atoms with Crippen molar-refractivity contribution in [3.8, 4) is 5.75 Å². The average Bonchev–Trinajstić information content (AvgIpc) is 4.02. The molecule has 2 aliphatic rings. The molecule has 2 heterocycles. The van der Waals surface area contributed by atoms with E-state index in [9.17, 15) is 71.0 Å². The van der Waals surface area contributed by atoms with Gasteiger partial charge in [-0.25, -0.2) is 4.79 Å². The van der Waals surface area contributed by atoms with E-state index in [0.29, 0.717) is 17.5 Å². The second kappa shape index (κ2) is 33.4. The minimum atomic E-state index is -5.08. The van der Waals surface area contributed by atoms with Gasteiger partial charge in [-0.05, 0) is 55.4 Å². The SMILES string of the molecule is NC(=O)CC[C@@H]1NC(=O)[C@H](Cc2ccccc2)NC(=O)[C@H](Cc2ccc(O)cc2)NC(=O)[C@@H](N)CSSC[C@H](C(=O)N2CCC[C@H]2C(=O)N[C@@H](CCCN=C(N)N)C(=O)NCC(N)=O)NC(=O)[C@H](CC(N)=O)NC1=O.O=C(O)C(F)(F)F. The number of nitrogens with one attached hydrogen (secondary N) is 7. The van der Waals surface area contributed by atoms with E-state index in [4.69, 9.17) is 44.3 Å². The van der Waals surface area contributed by atoms with Crippen molar-refractivity contribution in [3.05, 3.63) is 65.7 Å². The molecule has 0 bridgehead atoms. The largest absolute Gasteiger partial charge is 0.508 e. The second-order valence-corrected chi connectivity index (χ2v) is 21.0. The van der Waals surface area contributed by atoms with Gasteiger partial charge >= 0.3 is 12.1 Å². The van der Waals surface area contributed by atoms with E-state index >= 15 is 0 Å². The summed E-state index contributed by atoms with van der Waals surface area (Å²) >= 11 is 0. The van der Waals surface area contributed by atoms with E-state index in [1.54, 1.807) is 30.3 Å². The molecule has 2 aromatic rings. The van der Waals surface area contributed by atoms with Crippen LogP contribution in [0.15, 0.2) is 59.6 Å². The molecule has 0 unspecified atom stereocenters. The second-order valence-electron chi connectivity index (χ2n) is 18.4. The Morgan fingerprint density at radius 2 is 1.26 bits per heavy atom. The van der Waals surface area contributed by atoms with Gasteiger partial charge in [-0.15, -0.1) is 0 Å². The molecule has 2 fully saturated rings. The highest BCUT2D eigenvalue weighted by molar-refractivity contribution is 8.76. The number of carbonyl (C=O) groups is 12. The van der Waals surface area contributed by atoms with Crippen molar-refractivity contribution in [1.82, 2.24) is 42.1 Å². The maximum Gasteiger partial charge on any atom is 0.490 e. The predicted octanol–water partition coefficient (Wildman–Crippen LogP) is -4.77. The molecule has 8 atom stereocenters. The molecule has 2 aromatic carbocycles. The minimum absolute atomic E-state index is 0.00106. The number of carboxylic acids is 1. The quantitative estimate of drug-likeness (QED) is 0.0272. The van der Waals surface area contributed by atoms with Crippen LogP contribution in [0.5, 0.6) is 5.75 Å². The Kier molecular flexibility index (Phi) is 27.6. The van der Waals surface area contributed by atoms with Gasteiger partial charge in [0.25, 0.3) is 0 Å². The van der Waals surface area contributed by atoms with Gasteiger partial charge in [0.15, 0.2) is 5.96 Å². The number of aliphatic carboxylic acids is 1. The van der Waals surface area contributed by atoms with E-state index in [-0.39, 0.29) is 68.4 Å².